The van der Waals surface area contributed by atoms with Gasteiger partial charge in [-0.3, -0.25) is 19.8 Å². The first-order chi connectivity index (χ1) is 44.1. The number of piperazine rings is 3. The highest BCUT2D eigenvalue weighted by atomic mass is 35.5. The summed E-state index contributed by atoms with van der Waals surface area (Å²) >= 11 is 20.6. The number of nitrogens with zero attached hydrogens (tertiary/aromatic N) is 19. The Labute approximate surface area is 536 Å². The van der Waals surface area contributed by atoms with Crippen molar-refractivity contribution in [3.05, 3.63) is 155 Å². The van der Waals surface area contributed by atoms with Crippen LogP contribution in [0.1, 0.15) is 0 Å². The number of aromatic nitrogens is 16. The lowest BCUT2D eigenvalue weighted by Gasteiger charge is -2.32. The third-order valence-corrected chi connectivity index (χ3v) is 18.2. The van der Waals surface area contributed by atoms with Crippen molar-refractivity contribution in [1.29, 1.82) is 0 Å². The molecule has 15 rings (SSSR count). The molecule has 0 unspecified atom stereocenters. The van der Waals surface area contributed by atoms with Crippen LogP contribution in [-0.4, -0.2) is 229 Å². The first-order valence-electron chi connectivity index (χ1n) is 30.6. The maximum Gasteiger partial charge on any atom is 0.182 e. The molecule has 12 heterocycles. The molecule has 0 bridgehead atoms. The van der Waals surface area contributed by atoms with E-state index in [1.165, 1.54) is 0 Å². The number of benzene rings is 3. The van der Waals surface area contributed by atoms with Crippen molar-refractivity contribution in [2.24, 2.45) is 0 Å². The molecule has 25 heteroatoms. The Hall–Kier alpha value is -8.29. The quantitative estimate of drug-likeness (QED) is 0.0872. The number of likely N-dealkylation sites (N-methyl/N-ethyl adjacent to an activating group) is 3. The molecule has 3 saturated heterocycles. The monoisotopic (exact) mass is 1260 g/mol. The third-order valence-electron chi connectivity index (χ3n) is 17.1. The zero-order chi connectivity index (χ0) is 61.5. The lowest BCUT2D eigenvalue weighted by atomic mass is 10.1. The van der Waals surface area contributed by atoms with Gasteiger partial charge in [-0.05, 0) is 45.4 Å². The van der Waals surface area contributed by atoms with E-state index in [1.54, 1.807) is 6.20 Å². The van der Waals surface area contributed by atoms with Gasteiger partial charge in [0, 0.05) is 145 Å². The van der Waals surface area contributed by atoms with Gasteiger partial charge in [-0.15, -0.1) is 30.6 Å². The molecule has 3 N–H and O–H groups in total. The standard InChI is InChI=1S/2C22H24ClN7.C21H23ClN8/c1-28-10-12-29(13-11-28)14-15-30-22-18(20(27-30)16-6-3-2-4-7-16)19(23)21(25-26-22)17-8-5-9-24-17;1-28-9-11-29(12-10-28)13-14-30-22-18(20(27-30)16-5-3-2-4-6-16)19(23)21(25-26-22)17-7-8-24-15-17;1-28-9-11-29(12-10-28)13-14-30-21-17(19(27-30)15-5-3-2-4-6-15)18(22)20(25-26-21)16-7-8-23-24-16/h2-9,24H,10-15H2,1H3;2-8,15,24H,9-14H2,1H3;2-8H,9-14H2,1H3,(H,23,24). The van der Waals surface area contributed by atoms with Crippen molar-refractivity contribution in [2.75, 3.05) is 119 Å². The molecule has 0 radical (unpaired) electrons. The summed E-state index contributed by atoms with van der Waals surface area (Å²) in [5.74, 6) is 0. The van der Waals surface area contributed by atoms with Crippen molar-refractivity contribution < 1.29 is 0 Å². The summed E-state index contributed by atoms with van der Waals surface area (Å²) in [6.45, 7) is 18.0. The van der Waals surface area contributed by atoms with E-state index in [0.29, 0.717) is 37.8 Å². The number of H-pyrrole nitrogens is 3. The van der Waals surface area contributed by atoms with E-state index < -0.39 is 0 Å². The van der Waals surface area contributed by atoms with Crippen molar-refractivity contribution in [3.8, 4) is 67.8 Å². The number of nitrogens with one attached hydrogen (secondary N) is 3. The average molecular weight is 1270 g/mol. The number of hydrogen-bond acceptors (Lipinski definition) is 16. The van der Waals surface area contributed by atoms with Crippen LogP contribution >= 0.6 is 34.8 Å². The fourth-order valence-corrected chi connectivity index (χ4v) is 12.6. The van der Waals surface area contributed by atoms with E-state index in [4.69, 9.17) is 50.1 Å². The molecule has 462 valence electrons. The van der Waals surface area contributed by atoms with Crippen molar-refractivity contribution >= 4 is 67.9 Å². The number of fused-ring (bicyclic) bond motifs is 3. The molecular weight excluding hydrogens is 1200 g/mol. The lowest BCUT2D eigenvalue weighted by molar-refractivity contribution is 0.149. The Kier molecular flexibility index (Phi) is 18.8. The molecular formula is C65H71Cl3N22. The largest absolute Gasteiger partial charge is 0.367 e. The van der Waals surface area contributed by atoms with Gasteiger partial charge in [-0.1, -0.05) is 126 Å². The van der Waals surface area contributed by atoms with Gasteiger partial charge in [0.15, 0.2) is 16.9 Å². The highest BCUT2D eigenvalue weighted by Gasteiger charge is 2.26. The van der Waals surface area contributed by atoms with E-state index in [1.807, 2.05) is 124 Å². The second-order valence-corrected chi connectivity index (χ2v) is 24.2. The molecule has 0 aliphatic carbocycles. The van der Waals surface area contributed by atoms with Crippen LogP contribution in [0.3, 0.4) is 0 Å². The molecule has 22 nitrogen and oxygen atoms in total. The van der Waals surface area contributed by atoms with Crippen LogP contribution in [-0.2, 0) is 19.6 Å². The average Bonchev–Trinajstić information content (AvgIpc) is 1.72. The maximum atomic E-state index is 6.88. The summed E-state index contributed by atoms with van der Waals surface area (Å²) in [5, 5.41) is 52.8. The van der Waals surface area contributed by atoms with Crippen molar-refractivity contribution in [1.82, 2.24) is 109 Å². The van der Waals surface area contributed by atoms with Crippen LogP contribution < -0.4 is 0 Å². The van der Waals surface area contributed by atoms with Crippen LogP contribution in [0.5, 0.6) is 0 Å². The minimum Gasteiger partial charge on any atom is -0.367 e. The van der Waals surface area contributed by atoms with E-state index in [2.05, 4.69) is 126 Å². The summed E-state index contributed by atoms with van der Waals surface area (Å²) in [6, 6.07) is 38.0. The molecule has 3 aromatic carbocycles. The highest BCUT2D eigenvalue weighted by molar-refractivity contribution is 6.39. The summed E-state index contributed by atoms with van der Waals surface area (Å²) in [4.78, 5) is 20.7. The molecule has 90 heavy (non-hydrogen) atoms. The predicted octanol–water partition coefficient (Wildman–Crippen LogP) is 9.56. The Morgan fingerprint density at radius 3 is 1.11 bits per heavy atom. The molecule has 12 aromatic rings. The Morgan fingerprint density at radius 2 is 0.756 bits per heavy atom. The van der Waals surface area contributed by atoms with E-state index in [9.17, 15) is 0 Å². The fourth-order valence-electron chi connectivity index (χ4n) is 11.7. The third kappa shape index (κ3) is 13.3. The topological polar surface area (TPSA) is 210 Å². The minimum absolute atomic E-state index is 0.536. The van der Waals surface area contributed by atoms with Gasteiger partial charge in [-0.25, -0.2) is 14.0 Å². The molecule has 3 aliphatic heterocycles. The Bertz CT molecular complexity index is 3830. The summed E-state index contributed by atoms with van der Waals surface area (Å²) in [5.41, 5.74) is 12.1. The van der Waals surface area contributed by atoms with Gasteiger partial charge in [-0.2, -0.15) is 20.4 Å². The van der Waals surface area contributed by atoms with E-state index >= 15 is 0 Å². The Balaban J connectivity index is 0.000000124. The first kappa shape index (κ1) is 60.6. The normalized spacial score (nSPS) is 15.8. The van der Waals surface area contributed by atoms with Gasteiger partial charge < -0.3 is 24.7 Å². The molecule has 0 atom stereocenters. The number of aromatic amines is 3. The van der Waals surface area contributed by atoms with Crippen LogP contribution in [0.4, 0.5) is 0 Å². The molecule has 9 aromatic heterocycles. The zero-order valence-corrected chi connectivity index (χ0v) is 52.9. The SMILES string of the molecule is CN1CCN(CCn2nc(-c3ccccc3)c3c(Cl)c(-c4cc[nH]c4)nnc32)CC1.CN1CCN(CCn2nc(-c3ccccc3)c3c(Cl)c(-c4ccc[nH]4)nnc32)CC1.CN1CCN(CCn2nc(-c3ccccc3)c3c(Cl)c(-c4ccn[nH]4)nnc32)CC1. The van der Waals surface area contributed by atoms with Crippen molar-refractivity contribution in [3.63, 3.8) is 0 Å². The lowest BCUT2D eigenvalue weighted by Crippen LogP contribution is -2.45. The van der Waals surface area contributed by atoms with E-state index in [-0.39, 0.29) is 0 Å². The summed E-state index contributed by atoms with van der Waals surface area (Å²) < 4.78 is 5.84. The smallest absolute Gasteiger partial charge is 0.182 e. The predicted molar refractivity (Wildman–Crippen MR) is 356 cm³/mol. The number of hydrogen-bond donors (Lipinski definition) is 3. The first-order valence-corrected chi connectivity index (χ1v) is 31.7. The minimum atomic E-state index is 0.536. The molecule has 3 aliphatic rings. The second kappa shape index (κ2) is 27.8. The van der Waals surface area contributed by atoms with Gasteiger partial charge in [0.25, 0.3) is 0 Å². The molecule has 0 saturated carbocycles. The molecule has 3 fully saturated rings. The van der Waals surface area contributed by atoms with Gasteiger partial charge in [0.05, 0.1) is 62.2 Å². The van der Waals surface area contributed by atoms with Crippen LogP contribution in [0.25, 0.3) is 101 Å². The zero-order valence-electron chi connectivity index (χ0n) is 50.6. The van der Waals surface area contributed by atoms with Crippen LogP contribution in [0, 0.1) is 0 Å². The second-order valence-electron chi connectivity index (χ2n) is 23.1. The fraction of sp³-hybridized carbons (Fsp3) is 0.323. The van der Waals surface area contributed by atoms with Crippen LogP contribution in [0.15, 0.2) is 140 Å². The van der Waals surface area contributed by atoms with Gasteiger partial charge in [0.1, 0.15) is 34.2 Å². The summed E-state index contributed by atoms with van der Waals surface area (Å²) in [6.07, 6.45) is 7.26. The number of halogens is 3. The van der Waals surface area contributed by atoms with Gasteiger partial charge in [0.2, 0.25) is 0 Å². The van der Waals surface area contributed by atoms with E-state index in [0.717, 1.165) is 196 Å². The molecule has 0 amide bonds. The Morgan fingerprint density at radius 1 is 0.367 bits per heavy atom. The number of rotatable bonds is 15. The van der Waals surface area contributed by atoms with Crippen LogP contribution in [0.2, 0.25) is 15.1 Å². The maximum absolute atomic E-state index is 6.88. The molecule has 0 spiro atoms. The highest BCUT2D eigenvalue weighted by Crippen LogP contribution is 2.40. The van der Waals surface area contributed by atoms with Gasteiger partial charge >= 0.3 is 0 Å². The summed E-state index contributed by atoms with van der Waals surface area (Å²) in [7, 11) is 6.51. The van der Waals surface area contributed by atoms with Crippen molar-refractivity contribution in [2.45, 2.75) is 19.6 Å².